The molecule has 2 heterocycles. The first-order valence-electron chi connectivity index (χ1n) is 6.86. The number of rotatable bonds is 4. The fourth-order valence-corrected chi connectivity index (χ4v) is 2.42. The van der Waals surface area contributed by atoms with Crippen LogP contribution in [0.2, 0.25) is 0 Å². The number of hydrogen-bond acceptors (Lipinski definition) is 2. The van der Waals surface area contributed by atoms with Crippen molar-refractivity contribution < 1.29 is 4.79 Å². The van der Waals surface area contributed by atoms with Crippen LogP contribution in [0.15, 0.2) is 37.2 Å². The fraction of sp³-hybridized carbons (Fsp3) is 0.467. The number of anilines is 1. The molecule has 0 bridgehead atoms. The SMILES string of the molecule is C=CCCC1CCN(C(=O)Nc2ccncc2)CC1. The van der Waals surface area contributed by atoms with Crippen LogP contribution in [-0.2, 0) is 0 Å². The van der Waals surface area contributed by atoms with Crippen molar-refractivity contribution in [3.8, 4) is 0 Å². The Morgan fingerprint density at radius 1 is 1.42 bits per heavy atom. The molecule has 4 nitrogen and oxygen atoms in total. The maximum atomic E-state index is 12.1. The third kappa shape index (κ3) is 4.09. The zero-order valence-corrected chi connectivity index (χ0v) is 11.2. The minimum atomic E-state index is -0.00614. The molecule has 1 fully saturated rings. The van der Waals surface area contributed by atoms with Gasteiger partial charge in [-0.2, -0.15) is 0 Å². The van der Waals surface area contributed by atoms with Gasteiger partial charge < -0.3 is 10.2 Å². The molecule has 1 aliphatic heterocycles. The van der Waals surface area contributed by atoms with Crippen LogP contribution in [0.5, 0.6) is 0 Å². The minimum absolute atomic E-state index is 0.00614. The molecular weight excluding hydrogens is 238 g/mol. The summed E-state index contributed by atoms with van der Waals surface area (Å²) >= 11 is 0. The highest BCUT2D eigenvalue weighted by Crippen LogP contribution is 2.22. The van der Waals surface area contributed by atoms with Gasteiger partial charge in [0.1, 0.15) is 0 Å². The van der Waals surface area contributed by atoms with Gasteiger partial charge in [-0.1, -0.05) is 6.08 Å². The lowest BCUT2D eigenvalue weighted by molar-refractivity contribution is 0.180. The summed E-state index contributed by atoms with van der Waals surface area (Å²) in [6, 6.07) is 3.59. The van der Waals surface area contributed by atoms with Crippen molar-refractivity contribution in [1.82, 2.24) is 9.88 Å². The fourth-order valence-electron chi connectivity index (χ4n) is 2.42. The van der Waals surface area contributed by atoms with Gasteiger partial charge in [-0.3, -0.25) is 4.98 Å². The Balaban J connectivity index is 1.78. The standard InChI is InChI=1S/C15H21N3O/c1-2-3-4-13-7-11-18(12-8-13)15(19)17-14-5-9-16-10-6-14/h2,5-6,9-10,13H,1,3-4,7-8,11-12H2,(H,16,17,19). The van der Waals surface area contributed by atoms with Crippen LogP contribution in [0.3, 0.4) is 0 Å². The summed E-state index contributed by atoms with van der Waals surface area (Å²) in [7, 11) is 0. The van der Waals surface area contributed by atoms with E-state index in [9.17, 15) is 4.79 Å². The van der Waals surface area contributed by atoms with Gasteiger partial charge in [0.05, 0.1) is 0 Å². The Labute approximate surface area is 114 Å². The average Bonchev–Trinajstić information content (AvgIpc) is 2.46. The molecule has 1 aromatic heterocycles. The summed E-state index contributed by atoms with van der Waals surface area (Å²) in [5.41, 5.74) is 0.800. The van der Waals surface area contributed by atoms with E-state index in [1.165, 1.54) is 6.42 Å². The van der Waals surface area contributed by atoms with Gasteiger partial charge in [0.25, 0.3) is 0 Å². The van der Waals surface area contributed by atoms with E-state index in [0.29, 0.717) is 0 Å². The Morgan fingerprint density at radius 2 is 2.11 bits per heavy atom. The van der Waals surface area contributed by atoms with E-state index < -0.39 is 0 Å². The summed E-state index contributed by atoms with van der Waals surface area (Å²) < 4.78 is 0. The van der Waals surface area contributed by atoms with Crippen molar-refractivity contribution in [2.24, 2.45) is 5.92 Å². The van der Waals surface area contributed by atoms with Crippen LogP contribution in [0.4, 0.5) is 10.5 Å². The minimum Gasteiger partial charge on any atom is -0.325 e. The molecule has 1 saturated heterocycles. The van der Waals surface area contributed by atoms with E-state index in [4.69, 9.17) is 0 Å². The van der Waals surface area contributed by atoms with Gasteiger partial charge in [-0.25, -0.2) is 4.79 Å². The van der Waals surface area contributed by atoms with Crippen LogP contribution < -0.4 is 5.32 Å². The largest absolute Gasteiger partial charge is 0.325 e. The molecule has 1 N–H and O–H groups in total. The number of piperidine rings is 1. The third-order valence-electron chi connectivity index (χ3n) is 3.61. The number of likely N-dealkylation sites (tertiary alicyclic amines) is 1. The van der Waals surface area contributed by atoms with Crippen LogP contribution in [0, 0.1) is 5.92 Å². The van der Waals surface area contributed by atoms with Crippen molar-refractivity contribution in [1.29, 1.82) is 0 Å². The number of carbonyl (C=O) groups is 1. The third-order valence-corrected chi connectivity index (χ3v) is 3.61. The van der Waals surface area contributed by atoms with Crippen LogP contribution in [-0.4, -0.2) is 29.0 Å². The molecule has 2 rings (SSSR count). The second-order valence-electron chi connectivity index (χ2n) is 4.96. The molecule has 0 spiro atoms. The van der Waals surface area contributed by atoms with Crippen molar-refractivity contribution in [3.05, 3.63) is 37.2 Å². The average molecular weight is 259 g/mol. The number of pyridine rings is 1. The van der Waals surface area contributed by atoms with Crippen molar-refractivity contribution >= 4 is 11.7 Å². The molecule has 0 saturated carbocycles. The molecule has 0 atom stereocenters. The maximum absolute atomic E-state index is 12.1. The van der Waals surface area contributed by atoms with E-state index in [-0.39, 0.29) is 6.03 Å². The number of carbonyl (C=O) groups excluding carboxylic acids is 1. The summed E-state index contributed by atoms with van der Waals surface area (Å²) in [6.07, 6.45) is 9.79. The Bertz CT molecular complexity index is 411. The molecule has 0 aliphatic carbocycles. The van der Waals surface area contributed by atoms with Crippen LogP contribution >= 0.6 is 0 Å². The Kier molecular flexibility index (Phi) is 4.95. The lowest BCUT2D eigenvalue weighted by Crippen LogP contribution is -2.41. The molecule has 4 heteroatoms. The van der Waals surface area contributed by atoms with E-state index in [1.807, 2.05) is 11.0 Å². The molecule has 0 unspecified atom stereocenters. The highest BCUT2D eigenvalue weighted by atomic mass is 16.2. The van der Waals surface area contributed by atoms with E-state index in [2.05, 4.69) is 16.9 Å². The number of urea groups is 1. The van der Waals surface area contributed by atoms with Crippen LogP contribution in [0.25, 0.3) is 0 Å². The highest BCUT2D eigenvalue weighted by Gasteiger charge is 2.22. The Hall–Kier alpha value is -1.84. The first kappa shape index (κ1) is 13.6. The summed E-state index contributed by atoms with van der Waals surface area (Å²) in [6.45, 7) is 5.45. The molecule has 19 heavy (non-hydrogen) atoms. The summed E-state index contributed by atoms with van der Waals surface area (Å²) in [5, 5.41) is 2.90. The van der Waals surface area contributed by atoms with E-state index in [0.717, 1.165) is 44.0 Å². The molecule has 102 valence electrons. The first-order chi connectivity index (χ1) is 9.29. The number of nitrogens with one attached hydrogen (secondary N) is 1. The second-order valence-corrected chi connectivity index (χ2v) is 4.96. The van der Waals surface area contributed by atoms with Crippen LogP contribution in [0.1, 0.15) is 25.7 Å². The predicted octanol–water partition coefficient (Wildman–Crippen LogP) is 3.29. The quantitative estimate of drug-likeness (QED) is 0.843. The number of nitrogens with zero attached hydrogens (tertiary/aromatic N) is 2. The van der Waals surface area contributed by atoms with Gasteiger partial charge in [0, 0.05) is 31.2 Å². The molecule has 1 aliphatic rings. The van der Waals surface area contributed by atoms with E-state index in [1.54, 1.807) is 24.5 Å². The predicted molar refractivity (Wildman–Crippen MR) is 77.0 cm³/mol. The monoisotopic (exact) mass is 259 g/mol. The molecular formula is C15H21N3O. The van der Waals surface area contributed by atoms with E-state index >= 15 is 0 Å². The number of allylic oxidation sites excluding steroid dienone is 1. The molecule has 1 aromatic rings. The number of aromatic nitrogens is 1. The zero-order chi connectivity index (χ0) is 13.5. The highest BCUT2D eigenvalue weighted by molar-refractivity contribution is 5.89. The van der Waals surface area contributed by atoms with Gasteiger partial charge in [-0.05, 0) is 43.7 Å². The second kappa shape index (κ2) is 6.92. The normalized spacial score (nSPS) is 16.1. The molecule has 2 amide bonds. The summed E-state index contributed by atoms with van der Waals surface area (Å²) in [5.74, 6) is 0.739. The molecule has 0 radical (unpaired) electrons. The van der Waals surface area contributed by atoms with Gasteiger partial charge >= 0.3 is 6.03 Å². The molecule has 0 aromatic carbocycles. The Morgan fingerprint density at radius 3 is 2.74 bits per heavy atom. The van der Waals surface area contributed by atoms with Crippen molar-refractivity contribution in [3.63, 3.8) is 0 Å². The van der Waals surface area contributed by atoms with Gasteiger partial charge in [0.15, 0.2) is 0 Å². The smallest absolute Gasteiger partial charge is 0.321 e. The lowest BCUT2D eigenvalue weighted by Gasteiger charge is -2.31. The maximum Gasteiger partial charge on any atom is 0.321 e. The van der Waals surface area contributed by atoms with Gasteiger partial charge in [0.2, 0.25) is 0 Å². The summed E-state index contributed by atoms with van der Waals surface area (Å²) in [4.78, 5) is 17.9. The number of amides is 2. The first-order valence-corrected chi connectivity index (χ1v) is 6.86. The lowest BCUT2D eigenvalue weighted by atomic mass is 9.92. The van der Waals surface area contributed by atoms with Crippen molar-refractivity contribution in [2.75, 3.05) is 18.4 Å². The zero-order valence-electron chi connectivity index (χ0n) is 11.2. The van der Waals surface area contributed by atoms with Crippen molar-refractivity contribution in [2.45, 2.75) is 25.7 Å². The number of hydrogen-bond donors (Lipinski definition) is 1. The topological polar surface area (TPSA) is 45.2 Å². The van der Waals surface area contributed by atoms with Gasteiger partial charge in [-0.15, -0.1) is 6.58 Å².